The molecule has 0 radical (unpaired) electrons. The first-order chi connectivity index (χ1) is 16.4. The minimum absolute atomic E-state index is 0.0184. The third-order valence-electron chi connectivity index (χ3n) is 7.28. The number of amides is 2. The first-order valence-electron chi connectivity index (χ1n) is 11.1. The van der Waals surface area contributed by atoms with Crippen LogP contribution in [-0.4, -0.2) is 51.4 Å². The van der Waals surface area contributed by atoms with Crippen LogP contribution in [0, 0.1) is 10.1 Å². The Kier molecular flexibility index (Phi) is 4.35. The molecule has 2 amide bonds. The summed E-state index contributed by atoms with van der Waals surface area (Å²) in [6, 6.07) is 13.3. The topological polar surface area (TPSA) is 114 Å². The lowest BCUT2D eigenvalue weighted by Crippen LogP contribution is -2.59. The van der Waals surface area contributed by atoms with E-state index in [1.54, 1.807) is 12.1 Å². The number of non-ortho nitro benzene ring substituents is 1. The predicted octanol–water partition coefficient (Wildman–Crippen LogP) is 3.95. The van der Waals surface area contributed by atoms with Gasteiger partial charge in [0.1, 0.15) is 12.6 Å². The number of fused-ring (bicyclic) bond motifs is 7. The summed E-state index contributed by atoms with van der Waals surface area (Å²) in [5.74, 6) is -0.170. The van der Waals surface area contributed by atoms with Crippen LogP contribution in [0.5, 0.6) is 0 Å². The fraction of sp³-hybridized carbons (Fsp3) is 0.333. The highest BCUT2D eigenvalue weighted by Gasteiger charge is 2.64. The molecule has 10 nitrogen and oxygen atoms in total. The Hall–Kier alpha value is -4.08. The SMILES string of the molecule is C[C@@]12CCOC(=O)N1N(C(=O)OCc1ccccc1)[C@@H]1C2=C[C@H]2c3cc([N+](=O)[O-])ccc3N[C@@H]12. The lowest BCUT2D eigenvalue weighted by atomic mass is 9.86. The van der Waals surface area contributed by atoms with Crippen molar-refractivity contribution in [3.8, 4) is 0 Å². The molecule has 34 heavy (non-hydrogen) atoms. The Morgan fingerprint density at radius 1 is 1.29 bits per heavy atom. The molecular weight excluding hydrogens is 440 g/mol. The molecule has 0 bridgehead atoms. The fourth-order valence-corrected chi connectivity index (χ4v) is 5.67. The third-order valence-corrected chi connectivity index (χ3v) is 7.28. The van der Waals surface area contributed by atoms with Crippen LogP contribution in [-0.2, 0) is 16.1 Å². The van der Waals surface area contributed by atoms with Gasteiger partial charge >= 0.3 is 12.2 Å². The zero-order chi connectivity index (χ0) is 23.6. The number of carbonyl (C=O) groups excluding carboxylic acids is 2. The molecule has 0 saturated carbocycles. The molecule has 1 aliphatic carbocycles. The highest BCUT2D eigenvalue weighted by molar-refractivity contribution is 5.81. The van der Waals surface area contributed by atoms with E-state index in [2.05, 4.69) is 5.32 Å². The van der Waals surface area contributed by atoms with Crippen LogP contribution in [0.15, 0.2) is 60.2 Å². The number of hydrazine groups is 1. The van der Waals surface area contributed by atoms with Crippen molar-refractivity contribution in [2.24, 2.45) is 0 Å². The number of nitrogens with one attached hydrogen (secondary N) is 1. The van der Waals surface area contributed by atoms with Gasteiger partial charge in [-0.3, -0.25) is 10.1 Å². The van der Waals surface area contributed by atoms with Gasteiger partial charge in [0.15, 0.2) is 0 Å². The van der Waals surface area contributed by atoms with Gasteiger partial charge in [0.2, 0.25) is 0 Å². The van der Waals surface area contributed by atoms with Crippen LogP contribution >= 0.6 is 0 Å². The number of carbonyl (C=O) groups is 2. The largest absolute Gasteiger partial charge is 0.448 e. The van der Waals surface area contributed by atoms with Crippen molar-refractivity contribution >= 4 is 23.6 Å². The summed E-state index contributed by atoms with van der Waals surface area (Å²) >= 11 is 0. The number of ether oxygens (including phenoxy) is 2. The lowest BCUT2D eigenvalue weighted by molar-refractivity contribution is -0.384. The molecule has 4 aliphatic rings. The number of benzene rings is 2. The standard InChI is InChI=1S/C24H22N4O6/c1-24-9-10-33-23(30)27(24)26(22(29)34-13-14-5-3-2-4-6-14)21-18(24)12-17-16-11-15(28(31)32)7-8-19(16)25-20(17)21/h2-8,11-12,17,20-21,25H,9-10,13H2,1H3/t17-,20+,21+,24-/m0/s1. The van der Waals surface area contributed by atoms with Gasteiger partial charge in [-0.15, -0.1) is 0 Å². The molecule has 0 aromatic heterocycles. The van der Waals surface area contributed by atoms with E-state index in [-0.39, 0.29) is 30.9 Å². The van der Waals surface area contributed by atoms with Gasteiger partial charge < -0.3 is 14.8 Å². The zero-order valence-corrected chi connectivity index (χ0v) is 18.3. The van der Waals surface area contributed by atoms with Gasteiger partial charge in [-0.2, -0.15) is 0 Å². The van der Waals surface area contributed by atoms with Crippen molar-refractivity contribution < 1.29 is 24.0 Å². The van der Waals surface area contributed by atoms with Crippen LogP contribution in [0.2, 0.25) is 0 Å². The summed E-state index contributed by atoms with van der Waals surface area (Å²) < 4.78 is 10.9. The van der Waals surface area contributed by atoms with Crippen molar-refractivity contribution in [2.45, 2.75) is 43.5 Å². The molecule has 2 saturated heterocycles. The molecule has 2 aromatic carbocycles. The monoisotopic (exact) mass is 462 g/mol. The van der Waals surface area contributed by atoms with Crippen molar-refractivity contribution in [1.29, 1.82) is 0 Å². The number of rotatable bonds is 3. The summed E-state index contributed by atoms with van der Waals surface area (Å²) in [5.41, 5.74) is 2.61. The van der Waals surface area contributed by atoms with Crippen molar-refractivity contribution in [3.63, 3.8) is 0 Å². The van der Waals surface area contributed by atoms with E-state index in [1.807, 2.05) is 43.3 Å². The molecule has 2 fully saturated rings. The second-order valence-corrected chi connectivity index (χ2v) is 9.13. The molecule has 4 atom stereocenters. The van der Waals surface area contributed by atoms with Crippen LogP contribution in [0.3, 0.4) is 0 Å². The maximum absolute atomic E-state index is 13.4. The molecule has 0 unspecified atom stereocenters. The number of hydrogen-bond donors (Lipinski definition) is 1. The van der Waals surface area contributed by atoms with Crippen molar-refractivity contribution in [3.05, 3.63) is 81.4 Å². The van der Waals surface area contributed by atoms with Crippen LogP contribution in [0.25, 0.3) is 0 Å². The van der Waals surface area contributed by atoms with E-state index in [0.717, 1.165) is 22.4 Å². The Balaban J connectivity index is 1.37. The average molecular weight is 462 g/mol. The van der Waals surface area contributed by atoms with Crippen LogP contribution in [0.4, 0.5) is 21.0 Å². The first-order valence-corrected chi connectivity index (χ1v) is 11.1. The summed E-state index contributed by atoms with van der Waals surface area (Å²) in [5, 5.41) is 17.5. The van der Waals surface area contributed by atoms with Crippen molar-refractivity contribution in [2.75, 3.05) is 11.9 Å². The third kappa shape index (κ3) is 2.81. The van der Waals surface area contributed by atoms with E-state index < -0.39 is 28.7 Å². The van der Waals surface area contributed by atoms with E-state index in [9.17, 15) is 19.7 Å². The summed E-state index contributed by atoms with van der Waals surface area (Å²) in [4.78, 5) is 37.2. The van der Waals surface area contributed by atoms with Crippen molar-refractivity contribution in [1.82, 2.24) is 10.0 Å². The molecule has 10 heteroatoms. The van der Waals surface area contributed by atoms with Gasteiger partial charge in [0, 0.05) is 30.2 Å². The highest BCUT2D eigenvalue weighted by Crippen LogP contribution is 2.55. The van der Waals surface area contributed by atoms with Gasteiger partial charge in [-0.05, 0) is 29.7 Å². The quantitative estimate of drug-likeness (QED) is 0.417. The number of nitro groups is 1. The Bertz CT molecular complexity index is 1250. The minimum atomic E-state index is -0.751. The van der Waals surface area contributed by atoms with Gasteiger partial charge in [-0.25, -0.2) is 19.6 Å². The summed E-state index contributed by atoms with van der Waals surface area (Å²) in [6.45, 7) is 2.23. The smallest absolute Gasteiger partial charge is 0.429 e. The average Bonchev–Trinajstić information content (AvgIpc) is 3.45. The van der Waals surface area contributed by atoms with Crippen LogP contribution in [0.1, 0.15) is 30.4 Å². The number of nitro benzene ring substituents is 1. The molecule has 3 aliphatic heterocycles. The van der Waals surface area contributed by atoms with E-state index in [1.165, 1.54) is 16.1 Å². The van der Waals surface area contributed by atoms with Crippen LogP contribution < -0.4 is 5.32 Å². The number of nitrogens with zero attached hydrogens (tertiary/aromatic N) is 3. The molecular formula is C24H22N4O6. The second kappa shape index (κ2) is 7.21. The van der Waals surface area contributed by atoms with Gasteiger partial charge in [-0.1, -0.05) is 36.4 Å². The molecule has 3 heterocycles. The number of anilines is 1. The Morgan fingerprint density at radius 2 is 2.09 bits per heavy atom. The fourth-order valence-electron chi connectivity index (χ4n) is 5.67. The summed E-state index contributed by atoms with van der Waals surface area (Å²) in [6.07, 6.45) is 1.33. The zero-order valence-electron chi connectivity index (χ0n) is 18.3. The molecule has 0 spiro atoms. The van der Waals surface area contributed by atoms with Gasteiger partial charge in [0.25, 0.3) is 5.69 Å². The normalized spacial score (nSPS) is 28.2. The minimum Gasteiger partial charge on any atom is -0.448 e. The van der Waals surface area contributed by atoms with Gasteiger partial charge in [0.05, 0.1) is 23.1 Å². The molecule has 2 aromatic rings. The lowest BCUT2D eigenvalue weighted by Gasteiger charge is -2.41. The van der Waals surface area contributed by atoms with E-state index in [4.69, 9.17) is 9.47 Å². The number of cyclic esters (lactones) is 1. The molecule has 6 rings (SSSR count). The van der Waals surface area contributed by atoms with E-state index >= 15 is 0 Å². The molecule has 1 N–H and O–H groups in total. The Labute approximate surface area is 194 Å². The second-order valence-electron chi connectivity index (χ2n) is 9.13. The predicted molar refractivity (Wildman–Crippen MR) is 120 cm³/mol. The Morgan fingerprint density at radius 3 is 2.85 bits per heavy atom. The highest BCUT2D eigenvalue weighted by atomic mass is 16.6. The van der Waals surface area contributed by atoms with E-state index in [0.29, 0.717) is 6.42 Å². The number of hydrogen-bond acceptors (Lipinski definition) is 7. The maximum atomic E-state index is 13.4. The summed E-state index contributed by atoms with van der Waals surface area (Å²) in [7, 11) is 0. The molecule has 174 valence electrons. The maximum Gasteiger partial charge on any atom is 0.429 e. The first kappa shape index (κ1) is 20.5.